The highest BCUT2D eigenvalue weighted by atomic mass is 79.9. The first-order valence-electron chi connectivity index (χ1n) is 6.89. The van der Waals surface area contributed by atoms with Crippen LogP contribution in [0.4, 0.5) is 11.4 Å². The van der Waals surface area contributed by atoms with Crippen LogP contribution in [0, 0.1) is 10.1 Å². The van der Waals surface area contributed by atoms with Crippen LogP contribution in [-0.2, 0) is 9.84 Å². The second-order valence-corrected chi connectivity index (χ2v) is 7.81. The normalized spacial score (nSPS) is 11.1. The van der Waals surface area contributed by atoms with Crippen molar-refractivity contribution in [3.05, 3.63) is 57.1 Å². The fourth-order valence-electron chi connectivity index (χ4n) is 2.06. The number of hydrogen-bond donors (Lipinski definition) is 1. The molecule has 0 amide bonds. The molecule has 0 aliphatic carbocycles. The van der Waals surface area contributed by atoms with Crippen molar-refractivity contribution in [2.24, 2.45) is 0 Å². The van der Waals surface area contributed by atoms with Gasteiger partial charge in [0, 0.05) is 17.3 Å². The number of benzene rings is 2. The van der Waals surface area contributed by atoms with Gasteiger partial charge in [0.2, 0.25) is 0 Å². The molecule has 2 aromatic rings. The van der Waals surface area contributed by atoms with E-state index in [-0.39, 0.29) is 23.7 Å². The molecule has 9 heteroatoms. The van der Waals surface area contributed by atoms with Gasteiger partial charge in [-0.2, -0.15) is 0 Å². The van der Waals surface area contributed by atoms with Crippen molar-refractivity contribution in [1.29, 1.82) is 0 Å². The van der Waals surface area contributed by atoms with E-state index in [0.29, 0.717) is 5.75 Å². The lowest BCUT2D eigenvalue weighted by Gasteiger charge is -2.10. The predicted octanol–water partition coefficient (Wildman–Crippen LogP) is 3.25. The van der Waals surface area contributed by atoms with E-state index in [1.165, 1.54) is 18.2 Å². The molecular weight excluding hydrogens is 400 g/mol. The third-order valence-corrected chi connectivity index (χ3v) is 4.69. The number of sulfone groups is 1. The SMILES string of the molecule is CS(=O)(=O)c1cccc(NCCOc2cccc(Br)c2)c1[N+](=O)[O-]. The minimum absolute atomic E-state index is 0.140. The van der Waals surface area contributed by atoms with Gasteiger partial charge in [-0.1, -0.05) is 28.1 Å². The molecule has 0 heterocycles. The largest absolute Gasteiger partial charge is 0.492 e. The van der Waals surface area contributed by atoms with Crippen LogP contribution in [0.5, 0.6) is 5.75 Å². The van der Waals surface area contributed by atoms with Crippen molar-refractivity contribution in [1.82, 2.24) is 0 Å². The molecule has 0 radical (unpaired) electrons. The average Bonchev–Trinajstić information content (AvgIpc) is 2.50. The number of anilines is 1. The molecule has 2 aromatic carbocycles. The summed E-state index contributed by atoms with van der Waals surface area (Å²) < 4.78 is 29.8. The maximum atomic E-state index is 11.7. The Morgan fingerprint density at radius 3 is 2.58 bits per heavy atom. The Kier molecular flexibility index (Phi) is 5.79. The Morgan fingerprint density at radius 1 is 1.25 bits per heavy atom. The molecular formula is C15H15BrN2O5S. The molecule has 0 atom stereocenters. The van der Waals surface area contributed by atoms with Crippen molar-refractivity contribution < 1.29 is 18.1 Å². The minimum atomic E-state index is -3.70. The van der Waals surface area contributed by atoms with Crippen LogP contribution in [0.1, 0.15) is 0 Å². The van der Waals surface area contributed by atoms with Gasteiger partial charge in [0.1, 0.15) is 22.9 Å². The standard InChI is InChI=1S/C15H15BrN2O5S/c1-24(21,22)14-7-3-6-13(15(14)18(19)20)17-8-9-23-12-5-2-4-11(16)10-12/h2-7,10,17H,8-9H2,1H3. The van der Waals surface area contributed by atoms with Crippen molar-refractivity contribution in [3.8, 4) is 5.75 Å². The topological polar surface area (TPSA) is 98.5 Å². The van der Waals surface area contributed by atoms with E-state index in [1.807, 2.05) is 12.1 Å². The summed E-state index contributed by atoms with van der Waals surface area (Å²) in [5.41, 5.74) is -0.316. The fraction of sp³-hybridized carbons (Fsp3) is 0.200. The Labute approximate surface area is 147 Å². The highest BCUT2D eigenvalue weighted by Crippen LogP contribution is 2.31. The summed E-state index contributed by atoms with van der Waals surface area (Å²) in [4.78, 5) is 10.2. The molecule has 2 rings (SSSR count). The van der Waals surface area contributed by atoms with E-state index in [4.69, 9.17) is 4.74 Å². The predicted molar refractivity (Wildman–Crippen MR) is 94.3 cm³/mol. The summed E-state index contributed by atoms with van der Waals surface area (Å²) in [6.07, 6.45) is 0.940. The number of rotatable bonds is 7. The van der Waals surface area contributed by atoms with Gasteiger partial charge in [0.25, 0.3) is 0 Å². The maximum absolute atomic E-state index is 11.7. The number of ether oxygens (including phenoxy) is 1. The molecule has 0 bridgehead atoms. The third-order valence-electron chi connectivity index (χ3n) is 3.06. The van der Waals surface area contributed by atoms with Crippen LogP contribution in [0.25, 0.3) is 0 Å². The number of nitrogens with zero attached hydrogens (tertiary/aromatic N) is 1. The molecule has 7 nitrogen and oxygen atoms in total. The van der Waals surface area contributed by atoms with Gasteiger partial charge < -0.3 is 10.1 Å². The van der Waals surface area contributed by atoms with Crippen molar-refractivity contribution >= 4 is 37.1 Å². The van der Waals surface area contributed by atoms with Gasteiger partial charge in [-0.25, -0.2) is 8.42 Å². The summed E-state index contributed by atoms with van der Waals surface area (Å²) >= 11 is 3.33. The maximum Gasteiger partial charge on any atom is 0.310 e. The number of nitro groups is 1. The summed E-state index contributed by atoms with van der Waals surface area (Å²) in [6.45, 7) is 0.539. The number of para-hydroxylation sites is 1. The molecule has 128 valence electrons. The Hall–Kier alpha value is -2.13. The van der Waals surface area contributed by atoms with E-state index in [0.717, 1.165) is 10.7 Å². The molecule has 0 saturated heterocycles. The molecule has 1 N–H and O–H groups in total. The van der Waals surface area contributed by atoms with Gasteiger partial charge in [-0.05, 0) is 30.3 Å². The molecule has 0 spiro atoms. The lowest BCUT2D eigenvalue weighted by atomic mass is 10.2. The first-order chi connectivity index (χ1) is 11.3. The van der Waals surface area contributed by atoms with Crippen molar-refractivity contribution in [2.45, 2.75) is 4.90 Å². The second kappa shape index (κ2) is 7.63. The van der Waals surface area contributed by atoms with Crippen molar-refractivity contribution in [2.75, 3.05) is 24.7 Å². The zero-order valence-corrected chi connectivity index (χ0v) is 15.1. The second-order valence-electron chi connectivity index (χ2n) is 4.91. The van der Waals surface area contributed by atoms with Gasteiger partial charge in [0.15, 0.2) is 9.84 Å². The van der Waals surface area contributed by atoms with Crippen LogP contribution < -0.4 is 10.1 Å². The third kappa shape index (κ3) is 4.68. The highest BCUT2D eigenvalue weighted by molar-refractivity contribution is 9.10. The number of nitro benzene ring substituents is 1. The van der Waals surface area contributed by atoms with E-state index in [9.17, 15) is 18.5 Å². The molecule has 24 heavy (non-hydrogen) atoms. The molecule has 0 unspecified atom stereocenters. The Bertz CT molecular complexity index is 855. The quantitative estimate of drug-likeness (QED) is 0.424. The smallest absolute Gasteiger partial charge is 0.310 e. The molecule has 0 aliphatic heterocycles. The summed E-state index contributed by atoms with van der Waals surface area (Å²) in [6, 6.07) is 11.4. The van der Waals surface area contributed by atoms with Crippen LogP contribution >= 0.6 is 15.9 Å². The summed E-state index contributed by atoms with van der Waals surface area (Å²) in [5, 5.41) is 14.1. The minimum Gasteiger partial charge on any atom is -0.492 e. The lowest BCUT2D eigenvalue weighted by Crippen LogP contribution is -2.13. The first kappa shape index (κ1) is 18.2. The molecule has 0 aliphatic rings. The van der Waals surface area contributed by atoms with Crippen LogP contribution in [-0.4, -0.2) is 32.7 Å². The van der Waals surface area contributed by atoms with Gasteiger partial charge in [0.05, 0.1) is 4.92 Å². The van der Waals surface area contributed by atoms with Crippen LogP contribution in [0.2, 0.25) is 0 Å². The van der Waals surface area contributed by atoms with Gasteiger partial charge >= 0.3 is 5.69 Å². The molecule has 0 aromatic heterocycles. The van der Waals surface area contributed by atoms with Gasteiger partial charge in [-0.15, -0.1) is 0 Å². The van der Waals surface area contributed by atoms with E-state index >= 15 is 0 Å². The highest BCUT2D eigenvalue weighted by Gasteiger charge is 2.25. The van der Waals surface area contributed by atoms with Crippen LogP contribution in [0.3, 0.4) is 0 Å². The van der Waals surface area contributed by atoms with E-state index in [2.05, 4.69) is 21.2 Å². The fourth-order valence-corrected chi connectivity index (χ4v) is 3.30. The molecule has 0 fully saturated rings. The number of halogens is 1. The van der Waals surface area contributed by atoms with Gasteiger partial charge in [-0.3, -0.25) is 10.1 Å². The van der Waals surface area contributed by atoms with Crippen LogP contribution in [0.15, 0.2) is 51.8 Å². The average molecular weight is 415 g/mol. The monoisotopic (exact) mass is 414 g/mol. The number of hydrogen-bond acceptors (Lipinski definition) is 6. The summed E-state index contributed by atoms with van der Waals surface area (Å²) in [5.74, 6) is 0.658. The summed E-state index contributed by atoms with van der Waals surface area (Å²) in [7, 11) is -3.70. The Morgan fingerprint density at radius 2 is 1.96 bits per heavy atom. The zero-order valence-electron chi connectivity index (χ0n) is 12.7. The number of nitrogens with one attached hydrogen (secondary N) is 1. The zero-order chi connectivity index (χ0) is 17.7. The lowest BCUT2D eigenvalue weighted by molar-refractivity contribution is -0.386. The van der Waals surface area contributed by atoms with Crippen molar-refractivity contribution in [3.63, 3.8) is 0 Å². The Balaban J connectivity index is 2.09. The first-order valence-corrected chi connectivity index (χ1v) is 9.57. The van der Waals surface area contributed by atoms with E-state index in [1.54, 1.807) is 12.1 Å². The van der Waals surface area contributed by atoms with E-state index < -0.39 is 20.4 Å². The molecule has 0 saturated carbocycles.